The van der Waals surface area contributed by atoms with Crippen molar-refractivity contribution in [3.8, 4) is 11.4 Å². The first kappa shape index (κ1) is 34.9. The van der Waals surface area contributed by atoms with E-state index in [0.29, 0.717) is 27.7 Å². The van der Waals surface area contributed by atoms with Crippen molar-refractivity contribution in [3.05, 3.63) is 123 Å². The summed E-state index contributed by atoms with van der Waals surface area (Å²) in [6, 6.07) is 22.9. The number of para-hydroxylation sites is 1. The molecule has 0 radical (unpaired) electrons. The first-order valence-corrected chi connectivity index (χ1v) is 16.5. The zero-order valence-corrected chi connectivity index (χ0v) is 28.8. The molecule has 2 heterocycles. The molecule has 12 nitrogen and oxygen atoms in total. The molecule has 3 N–H and O–H groups in total. The topological polar surface area (TPSA) is 149 Å². The molecule has 14 heteroatoms. The minimum atomic E-state index is -0.634. The highest BCUT2D eigenvalue weighted by atomic mass is 32.2. The van der Waals surface area contributed by atoms with Crippen molar-refractivity contribution in [1.82, 2.24) is 20.6 Å². The third-order valence-corrected chi connectivity index (χ3v) is 8.83. The van der Waals surface area contributed by atoms with Crippen LogP contribution in [-0.2, 0) is 14.3 Å². The Kier molecular flexibility index (Phi) is 11.1. The number of hydrogen-bond acceptors (Lipinski definition) is 9. The number of allylic oxidation sites excluding steroid dienone is 1. The minimum absolute atomic E-state index is 0.0583. The largest absolute Gasteiger partial charge is 0.483 e. The van der Waals surface area contributed by atoms with E-state index in [1.54, 1.807) is 50.4 Å². The number of nitrogens with one attached hydrogen (secondary N) is 3. The number of rotatable bonds is 12. The van der Waals surface area contributed by atoms with Crippen molar-refractivity contribution in [2.45, 2.75) is 43.5 Å². The molecule has 0 bridgehead atoms. The molecule has 0 spiro atoms. The van der Waals surface area contributed by atoms with E-state index in [2.05, 4.69) is 25.7 Å². The Hall–Kier alpha value is -5.47. The SMILES string of the molecule is CCOC(=O)C1=C(C)NC(=S)N[C@H]1c1ccccc1OCC(=O)NN=Cc1cc(C)n(-c2ccc(Sc3ccc([N+](=O)[O-])cc3)cc2)c1C. The molecule has 3 aromatic carbocycles. The number of benzene rings is 3. The quantitative estimate of drug-likeness (QED) is 0.0526. The van der Waals surface area contributed by atoms with Crippen LogP contribution in [0.5, 0.6) is 5.75 Å². The molecule has 1 aromatic heterocycles. The lowest BCUT2D eigenvalue weighted by Crippen LogP contribution is -2.45. The van der Waals surface area contributed by atoms with Crippen molar-refractivity contribution in [2.24, 2.45) is 5.10 Å². The number of aromatic nitrogens is 1. The van der Waals surface area contributed by atoms with E-state index < -0.39 is 22.8 Å². The van der Waals surface area contributed by atoms with E-state index in [9.17, 15) is 19.7 Å². The average molecular weight is 699 g/mol. The van der Waals surface area contributed by atoms with Crippen molar-refractivity contribution < 1.29 is 24.0 Å². The molecule has 252 valence electrons. The molecule has 1 aliphatic heterocycles. The number of carbonyl (C=O) groups excluding carboxylic acids is 2. The van der Waals surface area contributed by atoms with Crippen LogP contribution < -0.4 is 20.8 Å². The smallest absolute Gasteiger partial charge is 0.338 e. The number of hydrogen-bond donors (Lipinski definition) is 3. The number of carbonyl (C=O) groups is 2. The molecule has 1 amide bonds. The van der Waals surface area contributed by atoms with Crippen LogP contribution in [0.1, 0.15) is 42.4 Å². The summed E-state index contributed by atoms with van der Waals surface area (Å²) in [6.07, 6.45) is 1.59. The first-order valence-electron chi connectivity index (χ1n) is 15.3. The van der Waals surface area contributed by atoms with Gasteiger partial charge in [-0.15, -0.1) is 0 Å². The summed E-state index contributed by atoms with van der Waals surface area (Å²) in [4.78, 5) is 37.9. The number of ether oxygens (including phenoxy) is 2. The van der Waals surface area contributed by atoms with Crippen LogP contribution in [-0.4, -0.2) is 45.9 Å². The van der Waals surface area contributed by atoms with Gasteiger partial charge in [0.1, 0.15) is 5.75 Å². The molecule has 1 aliphatic rings. The van der Waals surface area contributed by atoms with Crippen molar-refractivity contribution in [1.29, 1.82) is 0 Å². The molecule has 0 saturated heterocycles. The highest BCUT2D eigenvalue weighted by molar-refractivity contribution is 7.99. The van der Waals surface area contributed by atoms with Gasteiger partial charge in [0, 0.05) is 55.8 Å². The monoisotopic (exact) mass is 698 g/mol. The lowest BCUT2D eigenvalue weighted by molar-refractivity contribution is -0.384. The summed E-state index contributed by atoms with van der Waals surface area (Å²) in [7, 11) is 0. The van der Waals surface area contributed by atoms with E-state index in [0.717, 1.165) is 32.4 Å². The Morgan fingerprint density at radius 2 is 1.73 bits per heavy atom. The lowest BCUT2D eigenvalue weighted by atomic mass is 9.95. The van der Waals surface area contributed by atoms with E-state index in [1.165, 1.54) is 23.9 Å². The maximum atomic E-state index is 12.8. The van der Waals surface area contributed by atoms with Gasteiger partial charge in [-0.1, -0.05) is 30.0 Å². The standard InChI is InChI=1S/C35H34N6O6S2/c1-5-46-34(43)32-22(3)37-35(48)38-33(32)29-8-6-7-9-30(29)47-20-31(42)39-36-19-24-18-21(2)40(23(24)4)25-10-14-27(15-11-25)49-28-16-12-26(13-17-28)41(44)45/h6-19,33H,5,20H2,1-4H3,(H,39,42)(H2,37,38,48)/t33-/m0/s1. The zero-order valence-electron chi connectivity index (χ0n) is 27.2. The lowest BCUT2D eigenvalue weighted by Gasteiger charge is -2.30. The Labute approximate surface area is 292 Å². The van der Waals surface area contributed by atoms with Crippen LogP contribution >= 0.6 is 24.0 Å². The van der Waals surface area contributed by atoms with Gasteiger partial charge in [-0.25, -0.2) is 10.2 Å². The second-order valence-electron chi connectivity index (χ2n) is 10.9. The van der Waals surface area contributed by atoms with Crippen LogP contribution in [0.3, 0.4) is 0 Å². The summed E-state index contributed by atoms with van der Waals surface area (Å²) in [5.41, 5.74) is 7.85. The molecule has 5 rings (SSSR count). The number of hydrazone groups is 1. The maximum Gasteiger partial charge on any atom is 0.338 e. The minimum Gasteiger partial charge on any atom is -0.483 e. The molecule has 1 atom stereocenters. The van der Waals surface area contributed by atoms with Gasteiger partial charge in [0.25, 0.3) is 11.6 Å². The molecule has 0 aliphatic carbocycles. The van der Waals surface area contributed by atoms with Crippen LogP contribution in [0, 0.1) is 24.0 Å². The van der Waals surface area contributed by atoms with Gasteiger partial charge in [-0.05, 0) is 88.4 Å². The molecular formula is C35H34N6O6S2. The molecule has 0 unspecified atom stereocenters. The molecule has 0 fully saturated rings. The number of aryl methyl sites for hydroxylation is 1. The van der Waals surface area contributed by atoms with Gasteiger partial charge >= 0.3 is 5.97 Å². The summed E-state index contributed by atoms with van der Waals surface area (Å²) in [6.45, 7) is 7.35. The highest BCUT2D eigenvalue weighted by Gasteiger charge is 2.32. The van der Waals surface area contributed by atoms with Gasteiger partial charge in [0.2, 0.25) is 0 Å². The van der Waals surface area contributed by atoms with Gasteiger partial charge in [0.15, 0.2) is 11.7 Å². The summed E-state index contributed by atoms with van der Waals surface area (Å²) in [5.74, 6) is -0.546. The molecule has 4 aromatic rings. The number of nitro groups is 1. The zero-order chi connectivity index (χ0) is 35.1. The van der Waals surface area contributed by atoms with E-state index >= 15 is 0 Å². The summed E-state index contributed by atoms with van der Waals surface area (Å²) >= 11 is 6.85. The number of amides is 1. The fraction of sp³-hybridized carbons (Fsp3) is 0.200. The Morgan fingerprint density at radius 3 is 2.41 bits per heavy atom. The maximum absolute atomic E-state index is 12.8. The Morgan fingerprint density at radius 1 is 1.06 bits per heavy atom. The van der Waals surface area contributed by atoms with Crippen molar-refractivity contribution in [2.75, 3.05) is 13.2 Å². The highest BCUT2D eigenvalue weighted by Crippen LogP contribution is 2.34. The molecule has 49 heavy (non-hydrogen) atoms. The summed E-state index contributed by atoms with van der Waals surface area (Å²) < 4.78 is 13.2. The number of nitro benzene ring substituents is 1. The first-order chi connectivity index (χ1) is 23.5. The third kappa shape index (κ3) is 8.34. The Bertz CT molecular complexity index is 1950. The predicted molar refractivity (Wildman–Crippen MR) is 191 cm³/mol. The van der Waals surface area contributed by atoms with Crippen LogP contribution in [0.4, 0.5) is 5.69 Å². The number of non-ortho nitro benzene ring substituents is 1. The van der Waals surface area contributed by atoms with Gasteiger partial charge in [-0.3, -0.25) is 14.9 Å². The summed E-state index contributed by atoms with van der Waals surface area (Å²) in [5, 5.41) is 21.5. The normalized spacial score (nSPS) is 14.3. The fourth-order valence-electron chi connectivity index (χ4n) is 5.36. The van der Waals surface area contributed by atoms with Gasteiger partial charge < -0.3 is 24.7 Å². The van der Waals surface area contributed by atoms with Gasteiger partial charge in [0.05, 0.1) is 29.4 Å². The van der Waals surface area contributed by atoms with Crippen LogP contribution in [0.25, 0.3) is 5.69 Å². The second kappa shape index (κ2) is 15.6. The number of nitrogens with zero attached hydrogens (tertiary/aromatic N) is 3. The van der Waals surface area contributed by atoms with Crippen LogP contribution in [0.15, 0.2) is 105 Å². The fourth-order valence-corrected chi connectivity index (χ4v) is 6.44. The van der Waals surface area contributed by atoms with E-state index in [-0.39, 0.29) is 18.9 Å². The predicted octanol–water partition coefficient (Wildman–Crippen LogP) is 6.04. The average Bonchev–Trinajstić information content (AvgIpc) is 3.36. The molecular weight excluding hydrogens is 665 g/mol. The van der Waals surface area contributed by atoms with E-state index in [4.69, 9.17) is 21.7 Å². The second-order valence-corrected chi connectivity index (χ2v) is 12.5. The van der Waals surface area contributed by atoms with Gasteiger partial charge in [-0.2, -0.15) is 5.10 Å². The number of thiocarbonyl (C=S) groups is 1. The molecule has 0 saturated carbocycles. The van der Waals surface area contributed by atoms with Crippen LogP contribution in [0.2, 0.25) is 0 Å². The van der Waals surface area contributed by atoms with Crippen molar-refractivity contribution in [3.63, 3.8) is 0 Å². The van der Waals surface area contributed by atoms with Crippen molar-refractivity contribution >= 4 is 52.9 Å². The third-order valence-electron chi connectivity index (χ3n) is 7.59. The number of esters is 1. The Balaban J connectivity index is 1.21. The van der Waals surface area contributed by atoms with E-state index in [1.807, 2.05) is 50.2 Å².